The van der Waals surface area contributed by atoms with Gasteiger partial charge in [0, 0.05) is 23.0 Å². The van der Waals surface area contributed by atoms with Crippen LogP contribution in [0.4, 0.5) is 0 Å². The first-order valence-corrected chi connectivity index (χ1v) is 9.09. The van der Waals surface area contributed by atoms with Crippen molar-refractivity contribution in [2.24, 2.45) is 0 Å². The molecule has 2 aromatic rings. The Balaban J connectivity index is 2.15. The van der Waals surface area contributed by atoms with Crippen LogP contribution < -0.4 is 10.0 Å². The molecule has 0 fully saturated rings. The topological polar surface area (TPSA) is 58.2 Å². The molecule has 0 aliphatic heterocycles. The number of benzene rings is 1. The predicted octanol–water partition coefficient (Wildman–Crippen LogP) is 2.91. The lowest BCUT2D eigenvalue weighted by atomic mass is 10.2. The Kier molecular flexibility index (Phi) is 5.40. The summed E-state index contributed by atoms with van der Waals surface area (Å²) >= 11 is 7.31. The SMILES string of the molecule is CNCc1sc(S(=O)(=O)NCc2ccccc2Cl)cc1C. The van der Waals surface area contributed by atoms with Gasteiger partial charge >= 0.3 is 0 Å². The molecule has 0 amide bonds. The Labute approximate surface area is 134 Å². The van der Waals surface area contributed by atoms with Crippen LogP contribution in [-0.2, 0) is 23.1 Å². The number of thiophene rings is 1. The summed E-state index contributed by atoms with van der Waals surface area (Å²) in [7, 11) is -1.68. The van der Waals surface area contributed by atoms with Crippen LogP contribution >= 0.6 is 22.9 Å². The van der Waals surface area contributed by atoms with Crippen molar-refractivity contribution in [2.45, 2.75) is 24.2 Å². The molecule has 0 atom stereocenters. The Morgan fingerprint density at radius 2 is 1.95 bits per heavy atom. The molecule has 2 rings (SSSR count). The maximum atomic E-state index is 12.3. The molecule has 0 aliphatic carbocycles. The highest BCUT2D eigenvalue weighted by molar-refractivity contribution is 7.91. The van der Waals surface area contributed by atoms with Crippen LogP contribution in [0.15, 0.2) is 34.5 Å². The summed E-state index contributed by atoms with van der Waals surface area (Å²) in [5, 5.41) is 3.59. The Hall–Kier alpha value is -0.920. The van der Waals surface area contributed by atoms with Gasteiger partial charge in [-0.25, -0.2) is 13.1 Å². The minimum absolute atomic E-state index is 0.181. The highest BCUT2D eigenvalue weighted by Crippen LogP contribution is 2.26. The fourth-order valence-electron chi connectivity index (χ4n) is 1.84. The van der Waals surface area contributed by atoms with Crippen molar-refractivity contribution < 1.29 is 8.42 Å². The molecule has 0 spiro atoms. The first kappa shape index (κ1) is 16.5. The molecule has 0 saturated carbocycles. The molecule has 2 N–H and O–H groups in total. The minimum atomic E-state index is -3.51. The Morgan fingerprint density at radius 1 is 1.24 bits per heavy atom. The van der Waals surface area contributed by atoms with Crippen LogP contribution in [0.5, 0.6) is 0 Å². The summed E-state index contributed by atoms with van der Waals surface area (Å²) in [5.74, 6) is 0. The van der Waals surface area contributed by atoms with Crippen LogP contribution in [0.25, 0.3) is 0 Å². The van der Waals surface area contributed by atoms with Gasteiger partial charge in [-0.2, -0.15) is 0 Å². The summed E-state index contributed by atoms with van der Waals surface area (Å²) in [5.41, 5.74) is 1.74. The molecule has 0 bridgehead atoms. The van der Waals surface area contributed by atoms with E-state index in [0.717, 1.165) is 16.0 Å². The van der Waals surface area contributed by atoms with E-state index in [1.165, 1.54) is 11.3 Å². The van der Waals surface area contributed by atoms with Gasteiger partial charge < -0.3 is 5.32 Å². The van der Waals surface area contributed by atoms with E-state index in [0.29, 0.717) is 15.8 Å². The smallest absolute Gasteiger partial charge is 0.250 e. The lowest BCUT2D eigenvalue weighted by Crippen LogP contribution is -2.22. The van der Waals surface area contributed by atoms with Crippen LogP contribution in [-0.4, -0.2) is 15.5 Å². The van der Waals surface area contributed by atoms with E-state index in [4.69, 9.17) is 11.6 Å². The van der Waals surface area contributed by atoms with Gasteiger partial charge in [-0.3, -0.25) is 0 Å². The van der Waals surface area contributed by atoms with Gasteiger partial charge in [0.05, 0.1) is 0 Å². The highest BCUT2D eigenvalue weighted by atomic mass is 35.5. The van der Waals surface area contributed by atoms with Gasteiger partial charge in [0.2, 0.25) is 10.0 Å². The fraction of sp³-hybridized carbons (Fsp3) is 0.286. The fourth-order valence-corrected chi connectivity index (χ4v) is 4.70. The average Bonchev–Trinajstić information content (AvgIpc) is 2.81. The van der Waals surface area contributed by atoms with Crippen molar-refractivity contribution in [2.75, 3.05) is 7.05 Å². The van der Waals surface area contributed by atoms with Crippen molar-refractivity contribution in [3.63, 3.8) is 0 Å². The zero-order chi connectivity index (χ0) is 15.5. The number of nitrogens with one attached hydrogen (secondary N) is 2. The van der Waals surface area contributed by atoms with E-state index in [-0.39, 0.29) is 6.54 Å². The third-order valence-electron chi connectivity index (χ3n) is 3.01. The normalized spacial score (nSPS) is 11.8. The maximum absolute atomic E-state index is 12.3. The summed E-state index contributed by atoms with van der Waals surface area (Å²) in [6.45, 7) is 2.76. The molecule has 0 unspecified atom stereocenters. The van der Waals surface area contributed by atoms with Gasteiger partial charge in [-0.15, -0.1) is 11.3 Å². The Bertz CT molecular complexity index is 726. The molecule has 4 nitrogen and oxygen atoms in total. The molecular weight excluding hydrogens is 328 g/mol. The second kappa shape index (κ2) is 6.89. The van der Waals surface area contributed by atoms with E-state index in [1.807, 2.05) is 26.1 Å². The standard InChI is InChI=1S/C14H17ClN2O2S2/c1-10-7-14(20-13(10)9-16-2)21(18,19)17-8-11-5-3-4-6-12(11)15/h3-7,16-17H,8-9H2,1-2H3. The monoisotopic (exact) mass is 344 g/mol. The van der Waals surface area contributed by atoms with E-state index >= 15 is 0 Å². The average molecular weight is 345 g/mol. The van der Waals surface area contributed by atoms with Crippen molar-refractivity contribution in [3.05, 3.63) is 51.4 Å². The second-order valence-electron chi connectivity index (χ2n) is 4.62. The molecule has 0 aliphatic rings. The molecule has 0 radical (unpaired) electrons. The quantitative estimate of drug-likeness (QED) is 0.847. The van der Waals surface area contributed by atoms with Crippen molar-refractivity contribution in [1.29, 1.82) is 0 Å². The van der Waals surface area contributed by atoms with Crippen molar-refractivity contribution in [3.8, 4) is 0 Å². The van der Waals surface area contributed by atoms with Crippen LogP contribution in [0, 0.1) is 6.92 Å². The zero-order valence-corrected chi connectivity index (χ0v) is 14.2. The molecular formula is C14H17ClN2O2S2. The van der Waals surface area contributed by atoms with Gasteiger partial charge in [0.1, 0.15) is 4.21 Å². The van der Waals surface area contributed by atoms with E-state index in [1.54, 1.807) is 18.2 Å². The number of aryl methyl sites for hydroxylation is 1. The number of hydrogen-bond donors (Lipinski definition) is 2. The summed E-state index contributed by atoms with van der Waals surface area (Å²) in [6, 6.07) is 8.89. The molecule has 21 heavy (non-hydrogen) atoms. The molecule has 7 heteroatoms. The largest absolute Gasteiger partial charge is 0.315 e. The second-order valence-corrected chi connectivity index (χ2v) is 8.16. The lowest BCUT2D eigenvalue weighted by Gasteiger charge is -2.06. The van der Waals surface area contributed by atoms with Gasteiger partial charge in [-0.1, -0.05) is 29.8 Å². The van der Waals surface area contributed by atoms with Gasteiger partial charge in [-0.05, 0) is 37.2 Å². The maximum Gasteiger partial charge on any atom is 0.250 e. The number of hydrogen-bond acceptors (Lipinski definition) is 4. The Morgan fingerprint density at radius 3 is 2.62 bits per heavy atom. The van der Waals surface area contributed by atoms with Crippen molar-refractivity contribution >= 4 is 33.0 Å². The first-order chi connectivity index (χ1) is 9.94. The third kappa shape index (κ3) is 4.05. The number of sulfonamides is 1. The van der Waals surface area contributed by atoms with Crippen LogP contribution in [0.2, 0.25) is 5.02 Å². The summed E-state index contributed by atoms with van der Waals surface area (Å²) < 4.78 is 27.6. The van der Waals surface area contributed by atoms with E-state index < -0.39 is 10.0 Å². The minimum Gasteiger partial charge on any atom is -0.315 e. The molecule has 0 saturated heterocycles. The van der Waals surface area contributed by atoms with Crippen LogP contribution in [0.3, 0.4) is 0 Å². The highest BCUT2D eigenvalue weighted by Gasteiger charge is 2.18. The lowest BCUT2D eigenvalue weighted by molar-refractivity contribution is 0.583. The molecule has 1 aromatic heterocycles. The molecule has 1 heterocycles. The van der Waals surface area contributed by atoms with Gasteiger partial charge in [0.25, 0.3) is 0 Å². The third-order valence-corrected chi connectivity index (χ3v) is 6.49. The van der Waals surface area contributed by atoms with Gasteiger partial charge in [0.15, 0.2) is 0 Å². The van der Waals surface area contributed by atoms with Crippen molar-refractivity contribution in [1.82, 2.24) is 10.0 Å². The zero-order valence-electron chi connectivity index (χ0n) is 11.8. The number of rotatable bonds is 6. The molecule has 1 aromatic carbocycles. The summed E-state index contributed by atoms with van der Waals surface area (Å²) in [6.07, 6.45) is 0. The van der Waals surface area contributed by atoms with E-state index in [2.05, 4.69) is 10.0 Å². The molecule has 114 valence electrons. The number of halogens is 1. The first-order valence-electron chi connectivity index (χ1n) is 6.41. The van der Waals surface area contributed by atoms with Crippen LogP contribution in [0.1, 0.15) is 16.0 Å². The summed E-state index contributed by atoms with van der Waals surface area (Å²) in [4.78, 5) is 1.02. The van der Waals surface area contributed by atoms with E-state index in [9.17, 15) is 8.42 Å². The predicted molar refractivity (Wildman–Crippen MR) is 87.3 cm³/mol.